The molecule has 0 radical (unpaired) electrons. The van der Waals surface area contributed by atoms with Gasteiger partial charge in [-0.3, -0.25) is 0 Å². The molecule has 0 saturated carbocycles. The second-order valence-corrected chi connectivity index (χ2v) is 6.17. The van der Waals surface area contributed by atoms with Crippen LogP contribution in [0, 0.1) is 0 Å². The number of nitrogens with one attached hydrogen (secondary N) is 1. The molecule has 1 saturated heterocycles. The van der Waals surface area contributed by atoms with Crippen molar-refractivity contribution in [3.63, 3.8) is 0 Å². The van der Waals surface area contributed by atoms with Gasteiger partial charge in [-0.05, 0) is 38.5 Å². The fraction of sp³-hybridized carbons (Fsp3) is 0.571. The molecule has 0 amide bonds. The van der Waals surface area contributed by atoms with E-state index in [0.717, 1.165) is 17.1 Å². The maximum atomic E-state index is 5.92. The third-order valence-corrected chi connectivity index (χ3v) is 4.05. The van der Waals surface area contributed by atoms with E-state index in [0.29, 0.717) is 6.04 Å². The van der Waals surface area contributed by atoms with Gasteiger partial charge in [-0.25, -0.2) is 0 Å². The topological polar surface area (TPSA) is 47.3 Å². The van der Waals surface area contributed by atoms with Crippen LogP contribution in [0.3, 0.4) is 0 Å². The Balaban J connectivity index is 2.04. The van der Waals surface area contributed by atoms with Crippen molar-refractivity contribution in [1.82, 2.24) is 0 Å². The van der Waals surface area contributed by atoms with Crippen LogP contribution in [0.2, 0.25) is 0 Å². The summed E-state index contributed by atoms with van der Waals surface area (Å²) in [4.78, 5) is 0. The van der Waals surface area contributed by atoms with Crippen molar-refractivity contribution < 1.29 is 4.74 Å². The van der Waals surface area contributed by atoms with E-state index in [1.165, 1.54) is 24.3 Å². The fourth-order valence-corrected chi connectivity index (χ4v) is 3.21. The van der Waals surface area contributed by atoms with Crippen molar-refractivity contribution in [1.29, 1.82) is 0 Å². The number of thioether (sulfide) groups is 1. The lowest BCUT2D eigenvalue weighted by molar-refractivity contribution is 0.242. The molecule has 1 aliphatic heterocycles. The molecule has 0 bridgehead atoms. The summed E-state index contributed by atoms with van der Waals surface area (Å²) in [7, 11) is 0. The van der Waals surface area contributed by atoms with Gasteiger partial charge in [-0.15, -0.1) is 0 Å². The SMILES string of the molecule is CC(C)Oc1cc(N)cc(NC2CCCSC2)c1. The number of rotatable bonds is 4. The molecular weight excluding hydrogens is 244 g/mol. The summed E-state index contributed by atoms with van der Waals surface area (Å²) in [5.41, 5.74) is 7.73. The summed E-state index contributed by atoms with van der Waals surface area (Å²) in [6.07, 6.45) is 2.70. The molecule has 1 aliphatic rings. The lowest BCUT2D eigenvalue weighted by Gasteiger charge is -2.24. The second-order valence-electron chi connectivity index (χ2n) is 5.02. The van der Waals surface area contributed by atoms with Crippen LogP contribution in [0.15, 0.2) is 18.2 Å². The molecule has 1 aromatic rings. The zero-order valence-corrected chi connectivity index (χ0v) is 11.9. The van der Waals surface area contributed by atoms with Crippen LogP contribution < -0.4 is 15.8 Å². The van der Waals surface area contributed by atoms with Crippen molar-refractivity contribution in [3.8, 4) is 5.75 Å². The normalized spacial score (nSPS) is 19.8. The Morgan fingerprint density at radius 2 is 2.22 bits per heavy atom. The molecule has 1 unspecified atom stereocenters. The van der Waals surface area contributed by atoms with Gasteiger partial charge >= 0.3 is 0 Å². The number of benzene rings is 1. The molecule has 1 aromatic carbocycles. The minimum absolute atomic E-state index is 0.171. The predicted octanol–water partition coefficient (Wildman–Crippen LogP) is 3.36. The Hall–Kier alpha value is -1.03. The lowest BCUT2D eigenvalue weighted by atomic mass is 10.1. The molecule has 3 N–H and O–H groups in total. The quantitative estimate of drug-likeness (QED) is 0.820. The van der Waals surface area contributed by atoms with Gasteiger partial charge in [0.15, 0.2) is 0 Å². The number of nitrogens with two attached hydrogens (primary N) is 1. The van der Waals surface area contributed by atoms with Crippen molar-refractivity contribution in [2.75, 3.05) is 22.6 Å². The van der Waals surface area contributed by atoms with Crippen LogP contribution in [0.4, 0.5) is 11.4 Å². The Morgan fingerprint density at radius 1 is 1.39 bits per heavy atom. The smallest absolute Gasteiger partial charge is 0.123 e. The zero-order chi connectivity index (χ0) is 13.0. The Morgan fingerprint density at radius 3 is 2.89 bits per heavy atom. The number of ether oxygens (including phenoxy) is 1. The first-order chi connectivity index (χ1) is 8.63. The lowest BCUT2D eigenvalue weighted by Crippen LogP contribution is -2.25. The number of nitrogen functional groups attached to an aromatic ring is 1. The molecule has 1 heterocycles. The maximum Gasteiger partial charge on any atom is 0.123 e. The number of hydrogen-bond acceptors (Lipinski definition) is 4. The summed E-state index contributed by atoms with van der Waals surface area (Å²) >= 11 is 2.02. The minimum Gasteiger partial charge on any atom is -0.491 e. The summed E-state index contributed by atoms with van der Waals surface area (Å²) in [6, 6.07) is 6.44. The summed E-state index contributed by atoms with van der Waals surface area (Å²) in [5.74, 6) is 3.31. The van der Waals surface area contributed by atoms with Crippen LogP contribution in [0.5, 0.6) is 5.75 Å². The van der Waals surface area contributed by atoms with E-state index in [2.05, 4.69) is 5.32 Å². The van der Waals surface area contributed by atoms with E-state index < -0.39 is 0 Å². The van der Waals surface area contributed by atoms with E-state index in [1.807, 2.05) is 43.8 Å². The van der Waals surface area contributed by atoms with E-state index in [4.69, 9.17) is 10.5 Å². The molecule has 0 aliphatic carbocycles. The van der Waals surface area contributed by atoms with Crippen molar-refractivity contribution in [2.45, 2.75) is 38.8 Å². The van der Waals surface area contributed by atoms with Gasteiger partial charge in [0.2, 0.25) is 0 Å². The highest BCUT2D eigenvalue weighted by molar-refractivity contribution is 7.99. The van der Waals surface area contributed by atoms with E-state index in [9.17, 15) is 0 Å². The van der Waals surface area contributed by atoms with E-state index >= 15 is 0 Å². The molecule has 4 heteroatoms. The molecule has 0 spiro atoms. The van der Waals surface area contributed by atoms with Crippen LogP contribution in [0.1, 0.15) is 26.7 Å². The highest BCUT2D eigenvalue weighted by Crippen LogP contribution is 2.26. The van der Waals surface area contributed by atoms with Gasteiger partial charge < -0.3 is 15.8 Å². The molecule has 100 valence electrons. The number of anilines is 2. The highest BCUT2D eigenvalue weighted by atomic mass is 32.2. The van der Waals surface area contributed by atoms with Gasteiger partial charge in [-0.2, -0.15) is 11.8 Å². The van der Waals surface area contributed by atoms with Gasteiger partial charge in [0, 0.05) is 35.3 Å². The van der Waals surface area contributed by atoms with Crippen molar-refractivity contribution >= 4 is 23.1 Å². The fourth-order valence-electron chi connectivity index (χ4n) is 2.14. The Bertz CT molecular complexity index is 389. The monoisotopic (exact) mass is 266 g/mol. The number of hydrogen-bond donors (Lipinski definition) is 2. The molecule has 1 fully saturated rings. The Labute approximate surface area is 113 Å². The van der Waals surface area contributed by atoms with Crippen LogP contribution in [0.25, 0.3) is 0 Å². The summed E-state index contributed by atoms with van der Waals surface area (Å²) in [6.45, 7) is 4.04. The third-order valence-electron chi connectivity index (χ3n) is 2.83. The van der Waals surface area contributed by atoms with E-state index in [1.54, 1.807) is 0 Å². The van der Waals surface area contributed by atoms with Gasteiger partial charge in [0.05, 0.1) is 6.10 Å². The average molecular weight is 266 g/mol. The third kappa shape index (κ3) is 4.02. The van der Waals surface area contributed by atoms with E-state index in [-0.39, 0.29) is 6.10 Å². The standard InChI is InChI=1S/C14H22N2OS/c1-10(2)17-14-7-11(15)6-13(8-14)16-12-4-3-5-18-9-12/h6-8,10,12,16H,3-5,9,15H2,1-2H3. The first kappa shape index (κ1) is 13.4. The molecule has 0 aromatic heterocycles. The Kier molecular flexibility index (Phi) is 4.64. The van der Waals surface area contributed by atoms with Crippen LogP contribution in [-0.4, -0.2) is 23.7 Å². The highest BCUT2D eigenvalue weighted by Gasteiger charge is 2.14. The minimum atomic E-state index is 0.171. The van der Waals surface area contributed by atoms with Gasteiger partial charge in [0.25, 0.3) is 0 Å². The van der Waals surface area contributed by atoms with Gasteiger partial charge in [-0.1, -0.05) is 0 Å². The van der Waals surface area contributed by atoms with Crippen LogP contribution in [-0.2, 0) is 0 Å². The molecular formula is C14H22N2OS. The summed E-state index contributed by atoms with van der Waals surface area (Å²) in [5, 5.41) is 3.55. The molecule has 2 rings (SSSR count). The van der Waals surface area contributed by atoms with Crippen molar-refractivity contribution in [2.24, 2.45) is 0 Å². The largest absolute Gasteiger partial charge is 0.491 e. The maximum absolute atomic E-state index is 5.92. The zero-order valence-electron chi connectivity index (χ0n) is 11.1. The summed E-state index contributed by atoms with van der Waals surface area (Å²) < 4.78 is 5.70. The molecule has 18 heavy (non-hydrogen) atoms. The average Bonchev–Trinajstić information content (AvgIpc) is 2.28. The van der Waals surface area contributed by atoms with Gasteiger partial charge in [0.1, 0.15) is 5.75 Å². The first-order valence-corrected chi connectivity index (χ1v) is 7.70. The predicted molar refractivity (Wildman–Crippen MR) is 80.6 cm³/mol. The molecule has 1 atom stereocenters. The first-order valence-electron chi connectivity index (χ1n) is 6.55. The molecule has 3 nitrogen and oxygen atoms in total. The second kappa shape index (κ2) is 6.23. The van der Waals surface area contributed by atoms with Crippen LogP contribution >= 0.6 is 11.8 Å². The van der Waals surface area contributed by atoms with Crippen molar-refractivity contribution in [3.05, 3.63) is 18.2 Å².